The summed E-state index contributed by atoms with van der Waals surface area (Å²) in [4.78, 5) is 12.1. The highest BCUT2D eigenvalue weighted by Crippen LogP contribution is 2.22. The molecule has 4 rings (SSSR count). The van der Waals surface area contributed by atoms with Gasteiger partial charge in [0.15, 0.2) is 0 Å². The van der Waals surface area contributed by atoms with Crippen LogP contribution < -0.4 is 10.7 Å². The van der Waals surface area contributed by atoms with E-state index in [1.54, 1.807) is 6.21 Å². The zero-order valence-electron chi connectivity index (χ0n) is 14.7. The Morgan fingerprint density at radius 3 is 2.44 bits per heavy atom. The number of anilines is 1. The van der Waals surface area contributed by atoms with Crippen molar-refractivity contribution in [2.75, 3.05) is 11.9 Å². The second-order valence-corrected chi connectivity index (χ2v) is 6.28. The maximum Gasteiger partial charge on any atom is 0.259 e. The van der Waals surface area contributed by atoms with Crippen molar-refractivity contribution >= 4 is 39.4 Å². The summed E-state index contributed by atoms with van der Waals surface area (Å²) in [5.74, 6) is -0.194. The van der Waals surface area contributed by atoms with Crippen LogP contribution in [0.5, 0.6) is 0 Å². The number of nitrogens with one attached hydrogen (secondary N) is 2. The van der Waals surface area contributed by atoms with Crippen LogP contribution in [0.1, 0.15) is 5.56 Å². The van der Waals surface area contributed by atoms with Crippen LogP contribution in [0.2, 0.25) is 0 Å². The molecule has 4 nitrogen and oxygen atoms in total. The van der Waals surface area contributed by atoms with Crippen molar-refractivity contribution in [3.63, 3.8) is 0 Å². The van der Waals surface area contributed by atoms with Gasteiger partial charge in [-0.15, -0.1) is 0 Å². The normalized spacial score (nSPS) is 11.1. The zero-order chi connectivity index (χ0) is 18.5. The molecule has 132 valence electrons. The molecule has 0 saturated carbocycles. The van der Waals surface area contributed by atoms with E-state index >= 15 is 0 Å². The number of hydrogen-bond donors (Lipinski definition) is 2. The molecule has 0 heterocycles. The predicted molar refractivity (Wildman–Crippen MR) is 112 cm³/mol. The van der Waals surface area contributed by atoms with Gasteiger partial charge in [-0.05, 0) is 33.9 Å². The Bertz CT molecular complexity index is 1130. The Balaban J connectivity index is 1.37. The number of rotatable bonds is 5. The van der Waals surface area contributed by atoms with Crippen molar-refractivity contribution in [2.24, 2.45) is 5.10 Å². The molecule has 0 aliphatic heterocycles. The lowest BCUT2D eigenvalue weighted by atomic mass is 10.1. The summed E-state index contributed by atoms with van der Waals surface area (Å²) in [6, 6.07) is 28.3. The Morgan fingerprint density at radius 1 is 0.815 bits per heavy atom. The van der Waals surface area contributed by atoms with Gasteiger partial charge in [0.25, 0.3) is 5.91 Å². The third kappa shape index (κ3) is 3.96. The Morgan fingerprint density at radius 2 is 1.56 bits per heavy atom. The quantitative estimate of drug-likeness (QED) is 0.408. The number of nitrogens with zero attached hydrogens (tertiary/aromatic N) is 1. The van der Waals surface area contributed by atoms with Crippen molar-refractivity contribution in [1.82, 2.24) is 5.43 Å². The molecule has 0 fully saturated rings. The molecular formula is C23H19N3O. The molecule has 27 heavy (non-hydrogen) atoms. The number of hydrazone groups is 1. The molecule has 0 saturated heterocycles. The van der Waals surface area contributed by atoms with E-state index in [9.17, 15) is 4.79 Å². The van der Waals surface area contributed by atoms with Crippen LogP contribution in [0.25, 0.3) is 21.5 Å². The van der Waals surface area contributed by atoms with Gasteiger partial charge in [0.05, 0.1) is 12.8 Å². The Labute approximate surface area is 157 Å². The average Bonchev–Trinajstić information content (AvgIpc) is 2.72. The van der Waals surface area contributed by atoms with Crippen LogP contribution in [0.3, 0.4) is 0 Å². The molecule has 4 aromatic rings. The smallest absolute Gasteiger partial charge is 0.259 e. The highest BCUT2D eigenvalue weighted by atomic mass is 16.2. The van der Waals surface area contributed by atoms with Gasteiger partial charge < -0.3 is 5.32 Å². The van der Waals surface area contributed by atoms with E-state index in [1.807, 2.05) is 60.7 Å². The van der Waals surface area contributed by atoms with Gasteiger partial charge in [0.2, 0.25) is 0 Å². The largest absolute Gasteiger partial charge is 0.376 e. The van der Waals surface area contributed by atoms with Crippen molar-refractivity contribution < 1.29 is 4.79 Å². The van der Waals surface area contributed by atoms with Gasteiger partial charge in [0, 0.05) is 11.1 Å². The molecule has 4 heteroatoms. The fourth-order valence-electron chi connectivity index (χ4n) is 3.06. The SMILES string of the molecule is O=C(CNc1cccc2ccccc12)N/N=C\c1ccc2ccccc2c1. The standard InChI is InChI=1S/C23H19N3O/c27-23(16-24-22-11-5-9-19-7-3-4-10-21(19)22)26-25-15-17-12-13-18-6-1-2-8-20(18)14-17/h1-15,24H,16H2,(H,26,27)/b25-15-. The number of carbonyl (C=O) groups excluding carboxylic acids is 1. The van der Waals surface area contributed by atoms with Gasteiger partial charge in [-0.25, -0.2) is 5.43 Å². The monoisotopic (exact) mass is 353 g/mol. The minimum atomic E-state index is -0.194. The molecule has 0 unspecified atom stereocenters. The van der Waals surface area contributed by atoms with Crippen molar-refractivity contribution in [3.05, 3.63) is 90.5 Å². The maximum atomic E-state index is 12.1. The van der Waals surface area contributed by atoms with E-state index in [1.165, 1.54) is 5.39 Å². The molecule has 1 amide bonds. The summed E-state index contributed by atoms with van der Waals surface area (Å²) in [6.07, 6.45) is 1.66. The molecule has 0 aliphatic carbocycles. The zero-order valence-corrected chi connectivity index (χ0v) is 14.7. The van der Waals surface area contributed by atoms with E-state index in [-0.39, 0.29) is 12.5 Å². The fraction of sp³-hybridized carbons (Fsp3) is 0.0435. The van der Waals surface area contributed by atoms with Crippen LogP contribution in [0, 0.1) is 0 Å². The van der Waals surface area contributed by atoms with E-state index in [4.69, 9.17) is 0 Å². The molecule has 4 aromatic carbocycles. The molecular weight excluding hydrogens is 334 g/mol. The van der Waals surface area contributed by atoms with Crippen molar-refractivity contribution in [1.29, 1.82) is 0 Å². The molecule has 0 aliphatic rings. The lowest BCUT2D eigenvalue weighted by Gasteiger charge is -2.08. The molecule has 0 aromatic heterocycles. The van der Waals surface area contributed by atoms with Crippen molar-refractivity contribution in [2.45, 2.75) is 0 Å². The van der Waals surface area contributed by atoms with Gasteiger partial charge >= 0.3 is 0 Å². The third-order valence-electron chi connectivity index (χ3n) is 4.41. The Kier molecular flexibility index (Phi) is 4.79. The summed E-state index contributed by atoms with van der Waals surface area (Å²) in [5.41, 5.74) is 4.44. The lowest BCUT2D eigenvalue weighted by Crippen LogP contribution is -2.25. The molecule has 0 bridgehead atoms. The first-order valence-electron chi connectivity index (χ1n) is 8.82. The van der Waals surface area contributed by atoms with Crippen LogP contribution in [-0.4, -0.2) is 18.7 Å². The number of amides is 1. The second kappa shape index (κ2) is 7.70. The summed E-state index contributed by atoms with van der Waals surface area (Å²) >= 11 is 0. The maximum absolute atomic E-state index is 12.1. The van der Waals surface area contributed by atoms with Gasteiger partial charge in [-0.3, -0.25) is 4.79 Å². The summed E-state index contributed by atoms with van der Waals surface area (Å²) in [7, 11) is 0. The summed E-state index contributed by atoms with van der Waals surface area (Å²) in [5, 5.41) is 11.8. The number of hydrogen-bond acceptors (Lipinski definition) is 3. The van der Waals surface area contributed by atoms with E-state index in [2.05, 4.69) is 40.1 Å². The molecule has 0 spiro atoms. The van der Waals surface area contributed by atoms with Crippen LogP contribution >= 0.6 is 0 Å². The van der Waals surface area contributed by atoms with Crippen molar-refractivity contribution in [3.8, 4) is 0 Å². The highest BCUT2D eigenvalue weighted by Gasteiger charge is 2.03. The number of fused-ring (bicyclic) bond motifs is 2. The van der Waals surface area contributed by atoms with Crippen LogP contribution in [0.4, 0.5) is 5.69 Å². The van der Waals surface area contributed by atoms with E-state index in [0.717, 1.165) is 27.4 Å². The number of benzene rings is 4. The first kappa shape index (κ1) is 16.8. The molecule has 2 N–H and O–H groups in total. The van der Waals surface area contributed by atoms with Gasteiger partial charge in [-0.2, -0.15) is 5.10 Å². The minimum Gasteiger partial charge on any atom is -0.376 e. The molecule has 0 atom stereocenters. The lowest BCUT2D eigenvalue weighted by molar-refractivity contribution is -0.119. The van der Waals surface area contributed by atoms with Crippen LogP contribution in [-0.2, 0) is 4.79 Å². The second-order valence-electron chi connectivity index (χ2n) is 6.28. The minimum absolute atomic E-state index is 0.156. The summed E-state index contributed by atoms with van der Waals surface area (Å²) in [6.45, 7) is 0.156. The van der Waals surface area contributed by atoms with E-state index < -0.39 is 0 Å². The molecule has 0 radical (unpaired) electrons. The fourth-order valence-corrected chi connectivity index (χ4v) is 3.06. The Hall–Kier alpha value is -3.66. The highest BCUT2D eigenvalue weighted by molar-refractivity contribution is 5.95. The van der Waals surface area contributed by atoms with Crippen LogP contribution in [0.15, 0.2) is 90.0 Å². The topological polar surface area (TPSA) is 53.5 Å². The van der Waals surface area contributed by atoms with Gasteiger partial charge in [0.1, 0.15) is 0 Å². The summed E-state index contributed by atoms with van der Waals surface area (Å²) < 4.78 is 0. The van der Waals surface area contributed by atoms with Gasteiger partial charge in [-0.1, -0.05) is 72.8 Å². The average molecular weight is 353 g/mol. The van der Waals surface area contributed by atoms with E-state index in [0.29, 0.717) is 0 Å². The third-order valence-corrected chi connectivity index (χ3v) is 4.41. The first-order valence-corrected chi connectivity index (χ1v) is 8.82. The number of carbonyl (C=O) groups is 1. The first-order chi connectivity index (χ1) is 13.3. The predicted octanol–water partition coefficient (Wildman–Crippen LogP) is 4.56.